The lowest BCUT2D eigenvalue weighted by molar-refractivity contribution is 0.0202. The highest BCUT2D eigenvalue weighted by molar-refractivity contribution is 6.31. The zero-order valence-electron chi connectivity index (χ0n) is 23.1. The number of imidazole rings is 1. The monoisotopic (exact) mass is 552 g/mol. The summed E-state index contributed by atoms with van der Waals surface area (Å²) < 4.78 is 21.8. The molecule has 0 bridgehead atoms. The molecule has 2 aliphatic heterocycles. The molecule has 8 heteroatoms. The molecule has 0 aliphatic carbocycles. The molecule has 1 amide bonds. The molecule has 0 saturated carbocycles. The standard InChI is InChI=1S/C31H38ClFN4O2/c1-31(2,3)39-30(38)35-16-13-23(14-17-35)29-34-28(24-11-12-27(33)26(32)18-24)21-37(29)20-25-10-7-15-36(25)19-22-8-5-4-6-9-22/h4-6,8-9,11-12,18,21,23,25H,7,10,13-17,19-20H2,1-3H3/t25-/m0/s1. The fourth-order valence-corrected chi connectivity index (χ4v) is 5.88. The molecular weight excluding hydrogens is 515 g/mol. The van der Waals surface area contributed by atoms with Gasteiger partial charge in [-0.15, -0.1) is 0 Å². The minimum Gasteiger partial charge on any atom is -0.444 e. The lowest BCUT2D eigenvalue weighted by Gasteiger charge is -2.33. The molecule has 3 heterocycles. The Kier molecular flexibility index (Phi) is 8.29. The van der Waals surface area contributed by atoms with Gasteiger partial charge < -0.3 is 14.2 Å². The van der Waals surface area contributed by atoms with Crippen LogP contribution < -0.4 is 0 Å². The van der Waals surface area contributed by atoms with Gasteiger partial charge in [0.25, 0.3) is 0 Å². The quantitative estimate of drug-likeness (QED) is 0.326. The molecule has 0 radical (unpaired) electrons. The zero-order chi connectivity index (χ0) is 27.6. The van der Waals surface area contributed by atoms with Crippen LogP contribution in [0.15, 0.2) is 54.7 Å². The Morgan fingerprint density at radius 2 is 1.82 bits per heavy atom. The molecule has 208 valence electrons. The van der Waals surface area contributed by atoms with E-state index >= 15 is 0 Å². The third-order valence-electron chi connectivity index (χ3n) is 7.67. The molecule has 2 aromatic carbocycles. The van der Waals surface area contributed by atoms with Crippen molar-refractivity contribution in [1.29, 1.82) is 0 Å². The Morgan fingerprint density at radius 1 is 1.08 bits per heavy atom. The minimum absolute atomic E-state index is 0.0964. The highest BCUT2D eigenvalue weighted by atomic mass is 35.5. The summed E-state index contributed by atoms with van der Waals surface area (Å²) in [5.41, 5.74) is 2.42. The van der Waals surface area contributed by atoms with Crippen LogP contribution in [0.2, 0.25) is 5.02 Å². The number of nitrogens with zero attached hydrogens (tertiary/aromatic N) is 4. The number of amides is 1. The average Bonchev–Trinajstić information content (AvgIpc) is 3.52. The minimum atomic E-state index is -0.511. The van der Waals surface area contributed by atoms with Gasteiger partial charge in [-0.05, 0) is 76.8 Å². The molecule has 5 rings (SSSR count). The third kappa shape index (κ3) is 6.82. The van der Waals surface area contributed by atoms with Crippen LogP contribution in [0.25, 0.3) is 11.3 Å². The largest absolute Gasteiger partial charge is 0.444 e. The maximum Gasteiger partial charge on any atom is 0.410 e. The smallest absolute Gasteiger partial charge is 0.410 e. The second-order valence-electron chi connectivity index (χ2n) is 11.8. The summed E-state index contributed by atoms with van der Waals surface area (Å²) in [6, 6.07) is 15.8. The number of halogens is 2. The van der Waals surface area contributed by atoms with Gasteiger partial charge in [0, 0.05) is 49.9 Å². The number of piperidine rings is 1. The maximum absolute atomic E-state index is 13.9. The van der Waals surface area contributed by atoms with E-state index in [9.17, 15) is 9.18 Å². The first kappa shape index (κ1) is 27.7. The molecule has 1 aromatic heterocycles. The first-order valence-electron chi connectivity index (χ1n) is 13.9. The van der Waals surface area contributed by atoms with Crippen LogP contribution >= 0.6 is 11.6 Å². The summed E-state index contributed by atoms with van der Waals surface area (Å²) in [7, 11) is 0. The molecule has 6 nitrogen and oxygen atoms in total. The van der Waals surface area contributed by atoms with Gasteiger partial charge in [0.2, 0.25) is 0 Å². The summed E-state index contributed by atoms with van der Waals surface area (Å²) in [6.45, 7) is 9.80. The Labute approximate surface area is 235 Å². The molecule has 0 unspecified atom stereocenters. The summed E-state index contributed by atoms with van der Waals surface area (Å²) in [5, 5.41) is 0.0964. The molecule has 39 heavy (non-hydrogen) atoms. The van der Waals surface area contributed by atoms with E-state index in [1.54, 1.807) is 17.0 Å². The second-order valence-corrected chi connectivity index (χ2v) is 12.2. The van der Waals surface area contributed by atoms with Crippen molar-refractivity contribution in [3.8, 4) is 11.3 Å². The van der Waals surface area contributed by atoms with E-state index < -0.39 is 11.4 Å². The van der Waals surface area contributed by atoms with Crippen LogP contribution in [-0.4, -0.2) is 56.7 Å². The molecule has 0 spiro atoms. The van der Waals surface area contributed by atoms with Crippen molar-refractivity contribution in [2.45, 2.75) is 77.1 Å². The summed E-state index contributed by atoms with van der Waals surface area (Å²) in [4.78, 5) is 22.1. The lowest BCUT2D eigenvalue weighted by Crippen LogP contribution is -2.41. The predicted octanol–water partition coefficient (Wildman–Crippen LogP) is 7.12. The Balaban J connectivity index is 1.37. The van der Waals surface area contributed by atoms with Crippen molar-refractivity contribution in [1.82, 2.24) is 19.4 Å². The van der Waals surface area contributed by atoms with Crippen LogP contribution in [0.1, 0.15) is 63.8 Å². The number of aromatic nitrogens is 2. The molecular formula is C31H38ClFN4O2. The van der Waals surface area contributed by atoms with Crippen LogP contribution in [0, 0.1) is 5.82 Å². The zero-order valence-corrected chi connectivity index (χ0v) is 23.8. The van der Waals surface area contributed by atoms with E-state index in [0.717, 1.165) is 56.0 Å². The number of carbonyl (C=O) groups is 1. The van der Waals surface area contributed by atoms with Crippen molar-refractivity contribution in [2.24, 2.45) is 0 Å². The van der Waals surface area contributed by atoms with Crippen molar-refractivity contribution in [3.63, 3.8) is 0 Å². The van der Waals surface area contributed by atoms with Crippen LogP contribution in [-0.2, 0) is 17.8 Å². The Morgan fingerprint density at radius 3 is 2.51 bits per heavy atom. The molecule has 2 fully saturated rings. The topological polar surface area (TPSA) is 50.6 Å². The SMILES string of the molecule is CC(C)(C)OC(=O)N1CCC(c2nc(-c3ccc(F)c(Cl)c3)cn2C[C@@H]2CCCN2Cc2ccccc2)CC1. The fourth-order valence-electron chi connectivity index (χ4n) is 5.70. The van der Waals surface area contributed by atoms with Gasteiger partial charge in [-0.2, -0.15) is 0 Å². The number of ether oxygens (including phenoxy) is 1. The van der Waals surface area contributed by atoms with Gasteiger partial charge >= 0.3 is 6.09 Å². The van der Waals surface area contributed by atoms with Gasteiger partial charge in [0.15, 0.2) is 0 Å². The van der Waals surface area contributed by atoms with Gasteiger partial charge in [-0.3, -0.25) is 4.90 Å². The van der Waals surface area contributed by atoms with Crippen molar-refractivity contribution >= 4 is 17.7 Å². The summed E-state index contributed by atoms with van der Waals surface area (Å²) in [6.07, 6.45) is 5.79. The summed E-state index contributed by atoms with van der Waals surface area (Å²) >= 11 is 6.12. The van der Waals surface area contributed by atoms with Crippen LogP contribution in [0.3, 0.4) is 0 Å². The highest BCUT2D eigenvalue weighted by Gasteiger charge is 2.32. The van der Waals surface area contributed by atoms with Gasteiger partial charge in [0.1, 0.15) is 17.2 Å². The lowest BCUT2D eigenvalue weighted by atomic mass is 9.96. The molecule has 0 N–H and O–H groups in total. The number of rotatable bonds is 6. The second kappa shape index (κ2) is 11.7. The van der Waals surface area contributed by atoms with Gasteiger partial charge in [0.05, 0.1) is 10.7 Å². The number of hydrogen-bond donors (Lipinski definition) is 0. The average molecular weight is 553 g/mol. The summed E-state index contributed by atoms with van der Waals surface area (Å²) in [5.74, 6) is 0.815. The van der Waals surface area contributed by atoms with Gasteiger partial charge in [-0.1, -0.05) is 41.9 Å². The van der Waals surface area contributed by atoms with Crippen molar-refractivity contribution in [3.05, 3.63) is 77.0 Å². The first-order valence-corrected chi connectivity index (χ1v) is 14.3. The maximum atomic E-state index is 13.9. The number of likely N-dealkylation sites (tertiary alicyclic amines) is 2. The van der Waals surface area contributed by atoms with Gasteiger partial charge in [-0.25, -0.2) is 14.2 Å². The van der Waals surface area contributed by atoms with E-state index in [2.05, 4.69) is 46.0 Å². The van der Waals surface area contributed by atoms with E-state index in [0.29, 0.717) is 19.1 Å². The van der Waals surface area contributed by atoms with Crippen LogP contribution in [0.4, 0.5) is 9.18 Å². The predicted molar refractivity (Wildman–Crippen MR) is 152 cm³/mol. The van der Waals surface area contributed by atoms with E-state index in [4.69, 9.17) is 21.3 Å². The Hall–Kier alpha value is -2.90. The van der Waals surface area contributed by atoms with E-state index in [1.165, 1.54) is 18.1 Å². The molecule has 2 aliphatic rings. The molecule has 3 aromatic rings. The number of benzene rings is 2. The normalized spacial score (nSPS) is 19.0. The third-order valence-corrected chi connectivity index (χ3v) is 7.96. The number of carbonyl (C=O) groups excluding carboxylic acids is 1. The molecule has 1 atom stereocenters. The fraction of sp³-hybridized carbons (Fsp3) is 0.484. The first-order chi connectivity index (χ1) is 18.7. The van der Waals surface area contributed by atoms with E-state index in [-0.39, 0.29) is 17.0 Å². The van der Waals surface area contributed by atoms with Crippen LogP contribution in [0.5, 0.6) is 0 Å². The Bertz CT molecular complexity index is 1280. The van der Waals surface area contributed by atoms with Crippen molar-refractivity contribution in [2.75, 3.05) is 19.6 Å². The molecule has 2 saturated heterocycles. The van der Waals surface area contributed by atoms with Crippen molar-refractivity contribution < 1.29 is 13.9 Å². The highest BCUT2D eigenvalue weighted by Crippen LogP contribution is 2.33. The number of hydrogen-bond acceptors (Lipinski definition) is 4. The van der Waals surface area contributed by atoms with E-state index in [1.807, 2.05) is 20.8 Å².